The SMILES string of the molecule is N#Cc1ncc(C(F)(F)F)cc1OC1CC1. The zero-order valence-corrected chi connectivity index (χ0v) is 8.08. The van der Waals surface area contributed by atoms with Crippen molar-refractivity contribution in [3.8, 4) is 11.8 Å². The predicted molar refractivity (Wildman–Crippen MR) is 47.6 cm³/mol. The Balaban J connectivity index is 2.34. The fraction of sp³-hybridized carbons (Fsp3) is 0.400. The van der Waals surface area contributed by atoms with Gasteiger partial charge in [0, 0.05) is 6.20 Å². The van der Waals surface area contributed by atoms with Crippen LogP contribution in [0.4, 0.5) is 13.2 Å². The molecule has 6 heteroatoms. The van der Waals surface area contributed by atoms with Crippen molar-refractivity contribution in [2.45, 2.75) is 25.1 Å². The van der Waals surface area contributed by atoms with Gasteiger partial charge in [-0.25, -0.2) is 4.98 Å². The van der Waals surface area contributed by atoms with Crippen LogP contribution in [0.1, 0.15) is 24.1 Å². The first-order valence-electron chi connectivity index (χ1n) is 4.64. The molecule has 0 aliphatic heterocycles. The average Bonchev–Trinajstić information content (AvgIpc) is 3.00. The van der Waals surface area contributed by atoms with Crippen LogP contribution in [0.2, 0.25) is 0 Å². The highest BCUT2D eigenvalue weighted by molar-refractivity contribution is 5.40. The Labute approximate surface area is 89.5 Å². The van der Waals surface area contributed by atoms with Crippen LogP contribution < -0.4 is 4.74 Å². The lowest BCUT2D eigenvalue weighted by atomic mass is 10.2. The van der Waals surface area contributed by atoms with E-state index in [1.165, 1.54) is 0 Å². The number of hydrogen-bond acceptors (Lipinski definition) is 3. The molecular weight excluding hydrogens is 221 g/mol. The van der Waals surface area contributed by atoms with Crippen molar-refractivity contribution in [3.05, 3.63) is 23.5 Å². The third-order valence-corrected chi connectivity index (χ3v) is 2.10. The predicted octanol–water partition coefficient (Wildman–Crippen LogP) is 2.51. The van der Waals surface area contributed by atoms with Gasteiger partial charge >= 0.3 is 6.18 Å². The lowest BCUT2D eigenvalue weighted by Crippen LogP contribution is -2.08. The largest absolute Gasteiger partial charge is 0.487 e. The summed E-state index contributed by atoms with van der Waals surface area (Å²) in [5.41, 5.74) is -1.01. The van der Waals surface area contributed by atoms with Crippen molar-refractivity contribution in [1.29, 1.82) is 5.26 Å². The molecule has 1 heterocycles. The number of ether oxygens (including phenoxy) is 1. The van der Waals surface area contributed by atoms with Crippen LogP contribution >= 0.6 is 0 Å². The van der Waals surface area contributed by atoms with Crippen LogP contribution in [0, 0.1) is 11.3 Å². The number of aromatic nitrogens is 1. The quantitative estimate of drug-likeness (QED) is 0.781. The molecule has 2 rings (SSSR count). The molecule has 0 unspecified atom stereocenters. The third-order valence-electron chi connectivity index (χ3n) is 2.10. The number of halogens is 3. The molecule has 0 atom stereocenters. The van der Waals surface area contributed by atoms with Crippen LogP contribution in [0.25, 0.3) is 0 Å². The number of pyridine rings is 1. The molecule has 0 amide bonds. The molecule has 0 radical (unpaired) electrons. The molecule has 3 nitrogen and oxygen atoms in total. The number of hydrogen-bond donors (Lipinski definition) is 0. The van der Waals surface area contributed by atoms with Crippen molar-refractivity contribution >= 4 is 0 Å². The van der Waals surface area contributed by atoms with Crippen LogP contribution in [-0.2, 0) is 6.18 Å². The van der Waals surface area contributed by atoms with Crippen LogP contribution in [0.3, 0.4) is 0 Å². The molecule has 0 aromatic carbocycles. The molecule has 1 aliphatic carbocycles. The summed E-state index contributed by atoms with van der Waals surface area (Å²) in [6.45, 7) is 0. The Morgan fingerprint density at radius 1 is 1.44 bits per heavy atom. The van der Waals surface area contributed by atoms with E-state index >= 15 is 0 Å². The van der Waals surface area contributed by atoms with Gasteiger partial charge in [0.05, 0.1) is 11.7 Å². The monoisotopic (exact) mass is 228 g/mol. The molecule has 1 aromatic rings. The first-order chi connectivity index (χ1) is 7.50. The van der Waals surface area contributed by atoms with Crippen LogP contribution in [0.5, 0.6) is 5.75 Å². The summed E-state index contributed by atoms with van der Waals surface area (Å²) < 4.78 is 42.3. The smallest absolute Gasteiger partial charge is 0.418 e. The first-order valence-corrected chi connectivity index (χ1v) is 4.64. The molecule has 0 N–H and O–H groups in total. The minimum Gasteiger partial charge on any atom is -0.487 e. The van der Waals surface area contributed by atoms with Crippen molar-refractivity contribution < 1.29 is 17.9 Å². The Hall–Kier alpha value is -1.77. The van der Waals surface area contributed by atoms with Gasteiger partial charge in [-0.3, -0.25) is 0 Å². The van der Waals surface area contributed by atoms with Crippen molar-refractivity contribution in [1.82, 2.24) is 4.98 Å². The van der Waals surface area contributed by atoms with E-state index in [4.69, 9.17) is 10.00 Å². The zero-order chi connectivity index (χ0) is 11.8. The third kappa shape index (κ3) is 2.24. The molecule has 84 valence electrons. The lowest BCUT2D eigenvalue weighted by Gasteiger charge is -2.10. The van der Waals surface area contributed by atoms with E-state index < -0.39 is 11.7 Å². The topological polar surface area (TPSA) is 45.9 Å². The van der Waals surface area contributed by atoms with Crippen LogP contribution in [0.15, 0.2) is 12.3 Å². The molecule has 0 spiro atoms. The van der Waals surface area contributed by atoms with Crippen LogP contribution in [-0.4, -0.2) is 11.1 Å². The van der Waals surface area contributed by atoms with Gasteiger partial charge in [0.15, 0.2) is 11.4 Å². The van der Waals surface area contributed by atoms with Gasteiger partial charge in [-0.2, -0.15) is 18.4 Å². The molecule has 1 aliphatic rings. The maximum atomic E-state index is 12.4. The molecule has 1 aromatic heterocycles. The van der Waals surface area contributed by atoms with E-state index in [-0.39, 0.29) is 17.5 Å². The molecule has 1 fully saturated rings. The maximum Gasteiger partial charge on any atom is 0.418 e. The normalized spacial score (nSPS) is 15.6. The standard InChI is InChI=1S/C10H7F3N2O/c11-10(12,13)6-3-9(16-7-1-2-7)8(4-14)15-5-6/h3,5,7H,1-2H2. The first kappa shape index (κ1) is 10.7. The van der Waals surface area contributed by atoms with E-state index in [1.54, 1.807) is 6.07 Å². The molecule has 0 saturated heterocycles. The second kappa shape index (κ2) is 3.67. The molecule has 16 heavy (non-hydrogen) atoms. The van der Waals surface area contributed by atoms with E-state index in [9.17, 15) is 13.2 Å². The Kier molecular flexibility index (Phi) is 2.46. The van der Waals surface area contributed by atoms with Crippen molar-refractivity contribution in [2.75, 3.05) is 0 Å². The van der Waals surface area contributed by atoms with Crippen molar-refractivity contribution in [2.24, 2.45) is 0 Å². The Bertz CT molecular complexity index is 446. The summed E-state index contributed by atoms with van der Waals surface area (Å²) in [6.07, 6.45) is -2.29. The van der Waals surface area contributed by atoms with E-state index in [1.807, 2.05) is 0 Å². The molecule has 0 bridgehead atoms. The average molecular weight is 228 g/mol. The summed E-state index contributed by atoms with van der Waals surface area (Å²) >= 11 is 0. The van der Waals surface area contributed by atoms with Gasteiger partial charge in [0.2, 0.25) is 0 Å². The number of nitriles is 1. The summed E-state index contributed by atoms with van der Waals surface area (Å²) in [7, 11) is 0. The summed E-state index contributed by atoms with van der Waals surface area (Å²) in [5.74, 6) is -0.0835. The van der Waals surface area contributed by atoms with E-state index in [2.05, 4.69) is 4.98 Å². The summed E-state index contributed by atoms with van der Waals surface area (Å²) in [4.78, 5) is 3.44. The molecule has 1 saturated carbocycles. The number of nitrogens with zero attached hydrogens (tertiary/aromatic N) is 2. The van der Waals surface area contributed by atoms with Gasteiger partial charge in [-0.15, -0.1) is 0 Å². The van der Waals surface area contributed by atoms with Gasteiger partial charge in [-0.1, -0.05) is 0 Å². The van der Waals surface area contributed by atoms with Crippen molar-refractivity contribution in [3.63, 3.8) is 0 Å². The van der Waals surface area contributed by atoms with Gasteiger partial charge in [0.25, 0.3) is 0 Å². The fourth-order valence-electron chi connectivity index (χ4n) is 1.14. The highest BCUT2D eigenvalue weighted by Crippen LogP contribution is 2.34. The lowest BCUT2D eigenvalue weighted by molar-refractivity contribution is -0.138. The van der Waals surface area contributed by atoms with Gasteiger partial charge < -0.3 is 4.74 Å². The number of alkyl halides is 3. The fourth-order valence-corrected chi connectivity index (χ4v) is 1.14. The Morgan fingerprint density at radius 2 is 2.12 bits per heavy atom. The summed E-state index contributed by atoms with van der Waals surface area (Å²) in [5, 5.41) is 8.67. The maximum absolute atomic E-state index is 12.4. The highest BCUT2D eigenvalue weighted by Gasteiger charge is 2.33. The van der Waals surface area contributed by atoms with E-state index in [0.29, 0.717) is 6.20 Å². The number of rotatable bonds is 2. The second-order valence-electron chi connectivity index (χ2n) is 3.50. The van der Waals surface area contributed by atoms with E-state index in [0.717, 1.165) is 18.9 Å². The minimum atomic E-state index is -4.47. The Morgan fingerprint density at radius 3 is 2.62 bits per heavy atom. The van der Waals surface area contributed by atoms with Gasteiger partial charge in [-0.05, 0) is 18.9 Å². The highest BCUT2D eigenvalue weighted by atomic mass is 19.4. The summed E-state index contributed by atoms with van der Waals surface area (Å²) in [6, 6.07) is 2.53. The zero-order valence-electron chi connectivity index (χ0n) is 8.08. The minimum absolute atomic E-state index is 0.0719. The molecular formula is C10H7F3N2O. The second-order valence-corrected chi connectivity index (χ2v) is 3.50. The van der Waals surface area contributed by atoms with Gasteiger partial charge in [0.1, 0.15) is 6.07 Å².